The normalized spacial score (nSPS) is 12.0. The summed E-state index contributed by atoms with van der Waals surface area (Å²) in [6.45, 7) is 14.9. The van der Waals surface area contributed by atoms with E-state index in [1.54, 1.807) is 0 Å². The lowest BCUT2D eigenvalue weighted by atomic mass is 10.2. The largest absolute Gasteiger partial charge is 0.501 e. The van der Waals surface area contributed by atoms with Gasteiger partial charge in [-0.15, -0.1) is 11.6 Å². The van der Waals surface area contributed by atoms with E-state index in [2.05, 4.69) is 20.8 Å². The van der Waals surface area contributed by atoms with Crippen molar-refractivity contribution in [3.05, 3.63) is 0 Å². The summed E-state index contributed by atoms with van der Waals surface area (Å²) < 4.78 is 53.1. The molecule has 0 radical (unpaired) electrons. The van der Waals surface area contributed by atoms with E-state index in [-0.39, 0.29) is 0 Å². The monoisotopic (exact) mass is 672 g/mol. The van der Waals surface area contributed by atoms with E-state index in [4.69, 9.17) is 53.3 Å². The minimum Gasteiger partial charge on any atom is -0.379 e. The molecule has 0 amide bonds. The predicted octanol–water partition coefficient (Wildman–Crippen LogP) is 7.44. The molecule has 0 fully saturated rings. The lowest BCUT2D eigenvalue weighted by molar-refractivity contribution is -0.0162. The van der Waals surface area contributed by atoms with Gasteiger partial charge < -0.3 is 41.7 Å². The van der Waals surface area contributed by atoms with Gasteiger partial charge in [-0.05, 0) is 25.7 Å². The quantitative estimate of drug-likeness (QED) is 0.0376. The van der Waals surface area contributed by atoms with Gasteiger partial charge >= 0.3 is 8.80 Å². The van der Waals surface area contributed by atoms with Gasteiger partial charge in [0.2, 0.25) is 0 Å². The van der Waals surface area contributed by atoms with Gasteiger partial charge in [0.25, 0.3) is 0 Å². The molecule has 0 rings (SSSR count). The molecule has 0 unspecified atom stereocenters. The Morgan fingerprint density at radius 1 is 0.341 bits per heavy atom. The van der Waals surface area contributed by atoms with Crippen molar-refractivity contribution in [1.82, 2.24) is 0 Å². The van der Waals surface area contributed by atoms with Gasteiger partial charge in [0.1, 0.15) is 0 Å². The summed E-state index contributed by atoms with van der Waals surface area (Å²) in [5.74, 6) is 0.509. The van der Waals surface area contributed by atoms with Crippen molar-refractivity contribution in [3.8, 4) is 0 Å². The zero-order valence-corrected chi connectivity index (χ0v) is 30.5. The smallest absolute Gasteiger partial charge is 0.379 e. The molecule has 0 aromatic heterocycles. The Balaban J connectivity index is 4.46. The molecular weight excluding hydrogens is 604 g/mol. The van der Waals surface area contributed by atoms with Crippen LogP contribution in [0.15, 0.2) is 0 Å². The Morgan fingerprint density at radius 2 is 0.636 bits per heavy atom. The summed E-state index contributed by atoms with van der Waals surface area (Å²) in [6, 6.07) is 0.624. The van der Waals surface area contributed by atoms with Crippen molar-refractivity contribution in [2.75, 3.05) is 105 Å². The summed E-state index contributed by atoms with van der Waals surface area (Å²) in [5, 5.41) is 0. The van der Waals surface area contributed by atoms with Crippen LogP contribution in [0.2, 0.25) is 6.04 Å². The summed E-state index contributed by atoms with van der Waals surface area (Å²) >= 11 is 6.06. The van der Waals surface area contributed by atoms with Gasteiger partial charge in [-0.3, -0.25) is 0 Å². The Bertz CT molecular complexity index is 473. The minimum absolute atomic E-state index is 0.379. The molecule has 0 spiro atoms. The Morgan fingerprint density at radius 3 is 0.932 bits per heavy atom. The van der Waals surface area contributed by atoms with Crippen LogP contribution in [0.1, 0.15) is 104 Å². The van der Waals surface area contributed by atoms with E-state index in [9.17, 15) is 0 Å². The molecule has 0 saturated carbocycles. The topological polar surface area (TPSA) is 83.1 Å². The fourth-order valence-corrected chi connectivity index (χ4v) is 7.09. The SMILES string of the molecule is CCCCCCOCCOCCO[Si](CCCCl)(OCCOCCOCCCCCC)OCCOCCOCCCCCC. The average Bonchev–Trinajstić information content (AvgIpc) is 3.04. The number of hydrogen-bond donors (Lipinski definition) is 0. The molecule has 0 aliphatic rings. The molecule has 0 bridgehead atoms. The van der Waals surface area contributed by atoms with E-state index in [0.717, 1.165) is 45.5 Å². The van der Waals surface area contributed by atoms with Gasteiger partial charge in [0.05, 0.1) is 79.3 Å². The molecule has 9 nitrogen and oxygen atoms in total. The van der Waals surface area contributed by atoms with Gasteiger partial charge in [0.15, 0.2) is 0 Å². The molecule has 44 heavy (non-hydrogen) atoms. The van der Waals surface area contributed by atoms with Crippen molar-refractivity contribution in [2.45, 2.75) is 110 Å². The van der Waals surface area contributed by atoms with Crippen LogP contribution in [-0.4, -0.2) is 114 Å². The van der Waals surface area contributed by atoms with Crippen molar-refractivity contribution >= 4 is 20.4 Å². The molecule has 0 aromatic carbocycles. The Labute approximate surface area is 276 Å². The maximum absolute atomic E-state index is 6.30. The number of rotatable bonds is 39. The van der Waals surface area contributed by atoms with Crippen LogP contribution in [0.4, 0.5) is 0 Å². The first-order valence-electron chi connectivity index (χ1n) is 17.7. The fraction of sp³-hybridized carbons (Fsp3) is 1.00. The summed E-state index contributed by atoms with van der Waals surface area (Å²) in [7, 11) is -3.02. The first-order valence-corrected chi connectivity index (χ1v) is 20.2. The van der Waals surface area contributed by atoms with Gasteiger partial charge in [-0.2, -0.15) is 0 Å². The summed E-state index contributed by atoms with van der Waals surface area (Å²) in [5.41, 5.74) is 0. The van der Waals surface area contributed by atoms with Gasteiger partial charge in [-0.1, -0.05) is 78.6 Å². The van der Waals surface area contributed by atoms with Crippen LogP contribution < -0.4 is 0 Å². The lowest BCUT2D eigenvalue weighted by Crippen LogP contribution is -2.48. The highest BCUT2D eigenvalue weighted by molar-refractivity contribution is 6.60. The zero-order chi connectivity index (χ0) is 32.1. The van der Waals surface area contributed by atoms with Crippen LogP contribution in [0.5, 0.6) is 0 Å². The number of halogens is 1. The molecule has 0 aliphatic heterocycles. The highest BCUT2D eigenvalue weighted by Gasteiger charge is 2.40. The maximum Gasteiger partial charge on any atom is 0.501 e. The van der Waals surface area contributed by atoms with Crippen molar-refractivity contribution < 1.29 is 41.7 Å². The lowest BCUT2D eigenvalue weighted by Gasteiger charge is -2.29. The van der Waals surface area contributed by atoms with Crippen LogP contribution in [0.3, 0.4) is 0 Å². The van der Waals surface area contributed by atoms with Crippen LogP contribution >= 0.6 is 11.6 Å². The van der Waals surface area contributed by atoms with Crippen molar-refractivity contribution in [3.63, 3.8) is 0 Å². The van der Waals surface area contributed by atoms with E-state index in [1.807, 2.05) is 0 Å². The maximum atomic E-state index is 6.30. The van der Waals surface area contributed by atoms with E-state index in [0.29, 0.717) is 91.2 Å². The second-order valence-electron chi connectivity index (χ2n) is 10.9. The first-order chi connectivity index (χ1) is 21.7. The summed E-state index contributed by atoms with van der Waals surface area (Å²) in [6.07, 6.45) is 15.2. The second kappa shape index (κ2) is 37.6. The number of unbranched alkanes of at least 4 members (excludes halogenated alkanes) is 9. The average molecular weight is 673 g/mol. The molecule has 0 heterocycles. The van der Waals surface area contributed by atoms with E-state index in [1.165, 1.54) is 57.8 Å². The Kier molecular flexibility index (Phi) is 37.7. The third-order valence-corrected chi connectivity index (χ3v) is 9.97. The fourth-order valence-electron chi connectivity index (χ4n) is 4.25. The minimum atomic E-state index is -3.02. The number of hydrogen-bond acceptors (Lipinski definition) is 9. The standard InChI is InChI=1S/C33H69ClO9Si/c1-4-7-10-13-18-35-21-24-38-27-30-41-44(33-16-17-34,42-31-28-39-25-22-36-19-14-11-8-5-2)43-32-29-40-26-23-37-20-15-12-9-6-3/h4-33H2,1-3H3. The third-order valence-electron chi connectivity index (χ3n) is 6.81. The number of alkyl halides is 1. The Hall–Kier alpha value is 0.147. The molecule has 0 aromatic rings. The molecule has 0 atom stereocenters. The molecule has 0 aliphatic carbocycles. The van der Waals surface area contributed by atoms with Crippen LogP contribution in [0.25, 0.3) is 0 Å². The third kappa shape index (κ3) is 32.1. The van der Waals surface area contributed by atoms with Gasteiger partial charge in [0, 0.05) is 31.7 Å². The highest BCUT2D eigenvalue weighted by Crippen LogP contribution is 2.19. The molecule has 266 valence electrons. The predicted molar refractivity (Wildman–Crippen MR) is 181 cm³/mol. The number of ether oxygens (including phenoxy) is 6. The van der Waals surface area contributed by atoms with Crippen molar-refractivity contribution in [1.29, 1.82) is 0 Å². The van der Waals surface area contributed by atoms with E-state index < -0.39 is 8.80 Å². The van der Waals surface area contributed by atoms with Gasteiger partial charge in [-0.25, -0.2) is 0 Å². The molecular formula is C33H69ClO9Si. The molecule has 0 saturated heterocycles. The zero-order valence-electron chi connectivity index (χ0n) is 28.8. The van der Waals surface area contributed by atoms with Crippen LogP contribution in [0, 0.1) is 0 Å². The van der Waals surface area contributed by atoms with E-state index >= 15 is 0 Å². The molecule has 0 N–H and O–H groups in total. The second-order valence-corrected chi connectivity index (χ2v) is 14.0. The first kappa shape index (κ1) is 44.1. The highest BCUT2D eigenvalue weighted by atomic mass is 35.5. The van der Waals surface area contributed by atoms with Crippen molar-refractivity contribution in [2.24, 2.45) is 0 Å². The summed E-state index contributed by atoms with van der Waals surface area (Å²) in [4.78, 5) is 0. The van der Waals surface area contributed by atoms with Crippen LogP contribution in [-0.2, 0) is 41.7 Å². The molecule has 11 heteroatoms.